The molecule has 3 unspecified atom stereocenters. The van der Waals surface area contributed by atoms with Gasteiger partial charge in [-0.25, -0.2) is 0 Å². The molecule has 1 aliphatic carbocycles. The highest BCUT2D eigenvalue weighted by atomic mass is 35.5. The molecule has 1 saturated heterocycles. The maximum atomic E-state index is 6.16. The average molecular weight is 351 g/mol. The lowest BCUT2D eigenvalue weighted by Gasteiger charge is -2.63. The number of hydrogen-bond acceptors (Lipinski definition) is 1. The van der Waals surface area contributed by atoms with Gasteiger partial charge in [0.25, 0.3) is 0 Å². The van der Waals surface area contributed by atoms with E-state index in [1.165, 1.54) is 12.2 Å². The number of fused-ring (bicyclic) bond motifs is 1. The van der Waals surface area contributed by atoms with E-state index in [2.05, 4.69) is 0 Å². The maximum absolute atomic E-state index is 6.16. The van der Waals surface area contributed by atoms with Crippen molar-refractivity contribution in [3.63, 3.8) is 0 Å². The van der Waals surface area contributed by atoms with Crippen LogP contribution in [0.25, 0.3) is 0 Å². The number of halogens is 7. The normalized spacial score (nSPS) is 50.7. The van der Waals surface area contributed by atoms with Crippen LogP contribution in [0.3, 0.4) is 0 Å². The lowest BCUT2D eigenvalue weighted by atomic mass is 9.85. The molecule has 8 heteroatoms. The number of rotatable bonds is 0. The molecule has 0 amide bonds. The topological polar surface area (TPSA) is 9.23 Å². The fraction of sp³-hybridized carbons (Fsp3) is 0.714. The molecular formula is C7H3Cl7O. The van der Waals surface area contributed by atoms with Crippen molar-refractivity contribution in [2.24, 2.45) is 0 Å². The Balaban J connectivity index is 2.54. The zero-order chi connectivity index (χ0) is 11.7. The standard InChI is InChI=1S/C7H3Cl7O/c8-3-1-2-4(9)6(12,5(3,10)11)15-7(4,13)14/h1-3H. The van der Waals surface area contributed by atoms with Crippen LogP contribution in [-0.4, -0.2) is 24.2 Å². The molecule has 1 fully saturated rings. The molecule has 15 heavy (non-hydrogen) atoms. The zero-order valence-corrected chi connectivity index (χ0v) is 12.1. The summed E-state index contributed by atoms with van der Waals surface area (Å²) in [5, 5.41) is -2.41. The lowest BCUT2D eigenvalue weighted by molar-refractivity contribution is -0.171. The minimum absolute atomic E-state index is 0.755. The molecule has 0 bridgehead atoms. The van der Waals surface area contributed by atoms with E-state index in [9.17, 15) is 0 Å². The molecule has 2 aliphatic rings. The molecular weight excluding hydrogens is 348 g/mol. The monoisotopic (exact) mass is 348 g/mol. The molecule has 3 atom stereocenters. The van der Waals surface area contributed by atoms with Crippen molar-refractivity contribution in [2.75, 3.05) is 0 Å². The van der Waals surface area contributed by atoms with E-state index < -0.39 is 24.2 Å². The smallest absolute Gasteiger partial charge is 0.246 e. The van der Waals surface area contributed by atoms with Gasteiger partial charge in [-0.1, -0.05) is 70.2 Å². The molecule has 0 aromatic rings. The van der Waals surface area contributed by atoms with Gasteiger partial charge in [-0.2, -0.15) is 0 Å². The Morgan fingerprint density at radius 2 is 1.53 bits per heavy atom. The fourth-order valence-corrected chi connectivity index (χ4v) is 3.92. The maximum Gasteiger partial charge on any atom is 0.246 e. The van der Waals surface area contributed by atoms with E-state index in [1.807, 2.05) is 0 Å². The van der Waals surface area contributed by atoms with E-state index in [0.717, 1.165) is 0 Å². The summed E-state index contributed by atoms with van der Waals surface area (Å²) < 4.78 is 1.76. The summed E-state index contributed by atoms with van der Waals surface area (Å²) in [6, 6.07) is 0. The molecule has 1 nitrogen and oxygen atoms in total. The zero-order valence-electron chi connectivity index (χ0n) is 6.79. The second-order valence-electron chi connectivity index (χ2n) is 3.31. The van der Waals surface area contributed by atoms with Gasteiger partial charge < -0.3 is 4.74 Å². The first-order valence-electron chi connectivity index (χ1n) is 3.75. The van der Waals surface area contributed by atoms with Crippen LogP contribution in [0.5, 0.6) is 0 Å². The van der Waals surface area contributed by atoms with E-state index in [4.69, 9.17) is 85.9 Å². The van der Waals surface area contributed by atoms with Gasteiger partial charge in [0.1, 0.15) is 0 Å². The summed E-state index contributed by atoms with van der Waals surface area (Å²) in [6.45, 7) is 0. The largest absolute Gasteiger partial charge is 0.317 e. The molecule has 0 radical (unpaired) electrons. The highest BCUT2D eigenvalue weighted by Crippen LogP contribution is 2.70. The lowest BCUT2D eigenvalue weighted by Crippen LogP contribution is -2.79. The van der Waals surface area contributed by atoms with Crippen LogP contribution in [0.1, 0.15) is 0 Å². The van der Waals surface area contributed by atoms with Crippen LogP contribution < -0.4 is 0 Å². The Morgan fingerprint density at radius 1 is 1.00 bits per heavy atom. The number of allylic oxidation sites excluding steroid dienone is 1. The first-order chi connectivity index (χ1) is 6.58. The van der Waals surface area contributed by atoms with Crippen molar-refractivity contribution in [1.82, 2.24) is 0 Å². The third-order valence-corrected chi connectivity index (χ3v) is 6.69. The Kier molecular flexibility index (Phi) is 2.98. The van der Waals surface area contributed by atoms with Gasteiger partial charge in [0.05, 0.1) is 5.38 Å². The quantitative estimate of drug-likeness (QED) is 0.464. The van der Waals surface area contributed by atoms with Gasteiger partial charge in [-0.05, 0) is 0 Å². The molecule has 0 saturated carbocycles. The van der Waals surface area contributed by atoms with Crippen molar-refractivity contribution in [2.45, 2.75) is 24.2 Å². The molecule has 0 spiro atoms. The van der Waals surface area contributed by atoms with Crippen molar-refractivity contribution >= 4 is 81.2 Å². The minimum Gasteiger partial charge on any atom is -0.317 e. The first-order valence-corrected chi connectivity index (χ1v) is 6.46. The Morgan fingerprint density at radius 3 is 2.00 bits per heavy atom. The Bertz CT molecular complexity index is 340. The molecule has 0 N–H and O–H groups in total. The van der Waals surface area contributed by atoms with Gasteiger partial charge >= 0.3 is 0 Å². The molecule has 1 heterocycles. The minimum atomic E-state index is -1.68. The molecule has 0 aromatic carbocycles. The summed E-state index contributed by atoms with van der Waals surface area (Å²) in [7, 11) is 0. The predicted octanol–water partition coefficient (Wildman–Crippen LogP) is 4.41. The van der Waals surface area contributed by atoms with Gasteiger partial charge in [0, 0.05) is 0 Å². The third-order valence-electron chi connectivity index (χ3n) is 2.43. The summed E-state index contributed by atoms with van der Waals surface area (Å²) in [5.74, 6) is 0. The molecule has 0 aromatic heterocycles. The molecule has 1 aliphatic heterocycles. The van der Waals surface area contributed by atoms with Gasteiger partial charge in [-0.15, -0.1) is 23.2 Å². The van der Waals surface area contributed by atoms with Crippen molar-refractivity contribution < 1.29 is 4.74 Å². The van der Waals surface area contributed by atoms with Crippen LogP contribution >= 0.6 is 81.2 Å². The number of ether oxygens (including phenoxy) is 1. The van der Waals surface area contributed by atoms with Crippen molar-refractivity contribution in [1.29, 1.82) is 0 Å². The fourth-order valence-electron chi connectivity index (χ4n) is 1.50. The highest BCUT2D eigenvalue weighted by molar-refractivity contribution is 6.62. The summed E-state index contributed by atoms with van der Waals surface area (Å²) in [5.41, 5.74) is 0. The van der Waals surface area contributed by atoms with Crippen molar-refractivity contribution in [3.8, 4) is 0 Å². The van der Waals surface area contributed by atoms with E-state index >= 15 is 0 Å². The van der Waals surface area contributed by atoms with E-state index in [-0.39, 0.29) is 0 Å². The summed E-state index contributed by atoms with van der Waals surface area (Å²) in [6.07, 6.45) is 2.93. The van der Waals surface area contributed by atoms with Crippen LogP contribution in [-0.2, 0) is 4.74 Å². The van der Waals surface area contributed by atoms with Gasteiger partial charge in [0.2, 0.25) is 9.58 Å². The second kappa shape index (κ2) is 3.39. The van der Waals surface area contributed by atoms with Crippen LogP contribution in [0.4, 0.5) is 0 Å². The predicted molar refractivity (Wildman–Crippen MR) is 65.9 cm³/mol. The first kappa shape index (κ1) is 13.2. The van der Waals surface area contributed by atoms with Gasteiger partial charge in [-0.3, -0.25) is 0 Å². The number of alkyl halides is 7. The Hall–Kier alpha value is 1.73. The third kappa shape index (κ3) is 1.36. The summed E-state index contributed by atoms with van der Waals surface area (Å²) >= 11 is 41.7. The number of hydrogen-bond donors (Lipinski definition) is 0. The molecule has 86 valence electrons. The second-order valence-corrected chi connectivity index (χ2v) is 7.55. The van der Waals surface area contributed by atoms with E-state index in [0.29, 0.717) is 0 Å². The SMILES string of the molecule is ClC1C=CC2(Cl)C(Cl)(Cl)OC2(Cl)C1(Cl)Cl. The van der Waals surface area contributed by atoms with Crippen LogP contribution in [0.15, 0.2) is 12.2 Å². The molecule has 2 rings (SSSR count). The Labute approximate surface area is 121 Å². The van der Waals surface area contributed by atoms with Crippen LogP contribution in [0, 0.1) is 0 Å². The van der Waals surface area contributed by atoms with Crippen LogP contribution in [0.2, 0.25) is 0 Å². The highest BCUT2D eigenvalue weighted by Gasteiger charge is 2.82. The summed E-state index contributed by atoms with van der Waals surface area (Å²) in [4.78, 5) is -1.42. The van der Waals surface area contributed by atoms with E-state index in [1.54, 1.807) is 0 Å². The van der Waals surface area contributed by atoms with Gasteiger partial charge in [0.15, 0.2) is 9.21 Å². The van der Waals surface area contributed by atoms with Crippen molar-refractivity contribution in [3.05, 3.63) is 12.2 Å². The average Bonchev–Trinajstić information content (AvgIpc) is 2.10.